The van der Waals surface area contributed by atoms with E-state index in [1.165, 1.54) is 18.2 Å². The van der Waals surface area contributed by atoms with Crippen LogP contribution >= 0.6 is 0 Å². The first kappa shape index (κ1) is 13.7. The Hall–Kier alpha value is -1.75. The van der Waals surface area contributed by atoms with Gasteiger partial charge in [0.25, 0.3) is 0 Å². The molecule has 1 N–H and O–H groups in total. The SMILES string of the molecule is CCNC(Cc1c(F)cccc1F)c1cnn(C)c1. The van der Waals surface area contributed by atoms with Gasteiger partial charge in [-0.25, -0.2) is 8.78 Å². The molecule has 2 aromatic rings. The second-order valence-electron chi connectivity index (χ2n) is 4.46. The fourth-order valence-electron chi connectivity index (χ4n) is 2.11. The summed E-state index contributed by atoms with van der Waals surface area (Å²) in [6.45, 7) is 2.68. The average Bonchev–Trinajstić information content (AvgIpc) is 2.79. The maximum atomic E-state index is 13.7. The highest BCUT2D eigenvalue weighted by atomic mass is 19.1. The molecule has 0 aliphatic carbocycles. The first-order chi connectivity index (χ1) is 9.11. The van der Waals surface area contributed by atoms with Crippen LogP contribution in [-0.4, -0.2) is 16.3 Å². The first-order valence-corrected chi connectivity index (χ1v) is 6.26. The molecular weight excluding hydrogens is 248 g/mol. The minimum Gasteiger partial charge on any atom is -0.310 e. The van der Waals surface area contributed by atoms with E-state index in [9.17, 15) is 8.78 Å². The molecule has 1 heterocycles. The Morgan fingerprint density at radius 1 is 1.32 bits per heavy atom. The van der Waals surface area contributed by atoms with Gasteiger partial charge in [0, 0.05) is 30.4 Å². The minimum atomic E-state index is -0.508. The van der Waals surface area contributed by atoms with Gasteiger partial charge in [0.2, 0.25) is 0 Å². The van der Waals surface area contributed by atoms with E-state index in [1.54, 1.807) is 10.9 Å². The van der Waals surface area contributed by atoms with Crippen LogP contribution < -0.4 is 5.32 Å². The topological polar surface area (TPSA) is 29.9 Å². The van der Waals surface area contributed by atoms with Crippen LogP contribution in [0.1, 0.15) is 24.1 Å². The number of halogens is 2. The minimum absolute atomic E-state index is 0.109. The van der Waals surface area contributed by atoms with E-state index in [1.807, 2.05) is 20.2 Å². The molecule has 0 radical (unpaired) electrons. The standard InChI is InChI=1S/C14H17F2N3/c1-3-17-14(10-8-18-19(2)9-10)7-11-12(15)5-4-6-13(11)16/h4-6,8-9,14,17H,3,7H2,1-2H3. The third-order valence-corrected chi connectivity index (χ3v) is 3.05. The predicted molar refractivity (Wildman–Crippen MR) is 69.7 cm³/mol. The van der Waals surface area contributed by atoms with Crippen molar-refractivity contribution in [3.05, 3.63) is 53.4 Å². The number of hydrogen-bond acceptors (Lipinski definition) is 2. The molecule has 0 aliphatic rings. The highest BCUT2D eigenvalue weighted by Gasteiger charge is 2.17. The summed E-state index contributed by atoms with van der Waals surface area (Å²) < 4.78 is 29.0. The Bertz CT molecular complexity index is 531. The van der Waals surface area contributed by atoms with Gasteiger partial charge in [0.05, 0.1) is 6.20 Å². The molecule has 102 valence electrons. The fourth-order valence-corrected chi connectivity index (χ4v) is 2.11. The molecule has 5 heteroatoms. The van der Waals surface area contributed by atoms with Gasteiger partial charge in [-0.3, -0.25) is 4.68 Å². The number of hydrogen-bond donors (Lipinski definition) is 1. The molecule has 0 bridgehead atoms. The van der Waals surface area contributed by atoms with Crippen LogP contribution in [0.4, 0.5) is 8.78 Å². The Kier molecular flexibility index (Phi) is 4.27. The van der Waals surface area contributed by atoms with Crippen LogP contribution in [-0.2, 0) is 13.5 Å². The molecule has 0 saturated heterocycles. The maximum absolute atomic E-state index is 13.7. The van der Waals surface area contributed by atoms with Crippen molar-refractivity contribution in [2.24, 2.45) is 7.05 Å². The molecule has 1 aromatic carbocycles. The van der Waals surface area contributed by atoms with Gasteiger partial charge in [-0.05, 0) is 25.1 Å². The van der Waals surface area contributed by atoms with Gasteiger partial charge in [0.1, 0.15) is 11.6 Å². The molecule has 19 heavy (non-hydrogen) atoms. The van der Waals surface area contributed by atoms with Crippen molar-refractivity contribution in [2.45, 2.75) is 19.4 Å². The molecule has 0 spiro atoms. The normalized spacial score (nSPS) is 12.6. The molecule has 0 aliphatic heterocycles. The molecule has 1 aromatic heterocycles. The number of nitrogens with zero attached hydrogens (tertiary/aromatic N) is 2. The van der Waals surface area contributed by atoms with Crippen molar-refractivity contribution >= 4 is 0 Å². The highest BCUT2D eigenvalue weighted by molar-refractivity contribution is 5.23. The first-order valence-electron chi connectivity index (χ1n) is 6.26. The Morgan fingerprint density at radius 2 is 2.00 bits per heavy atom. The van der Waals surface area contributed by atoms with Crippen LogP contribution in [0, 0.1) is 11.6 Å². The molecule has 1 atom stereocenters. The average molecular weight is 265 g/mol. The molecule has 2 rings (SSSR count). The van der Waals surface area contributed by atoms with E-state index in [2.05, 4.69) is 10.4 Å². The summed E-state index contributed by atoms with van der Waals surface area (Å²) in [5.41, 5.74) is 1.03. The van der Waals surface area contributed by atoms with Crippen LogP contribution in [0.25, 0.3) is 0 Å². The zero-order valence-electron chi connectivity index (χ0n) is 11.0. The molecule has 0 amide bonds. The summed E-state index contributed by atoms with van der Waals surface area (Å²) in [7, 11) is 1.82. The zero-order chi connectivity index (χ0) is 13.8. The number of nitrogens with one attached hydrogen (secondary N) is 1. The second-order valence-corrected chi connectivity index (χ2v) is 4.46. The van der Waals surface area contributed by atoms with Gasteiger partial charge in [-0.2, -0.15) is 5.10 Å². The molecule has 0 saturated carbocycles. The monoisotopic (exact) mass is 265 g/mol. The van der Waals surface area contributed by atoms with E-state index >= 15 is 0 Å². The number of benzene rings is 1. The summed E-state index contributed by atoms with van der Waals surface area (Å²) in [5, 5.41) is 7.32. The van der Waals surface area contributed by atoms with Gasteiger partial charge >= 0.3 is 0 Å². The van der Waals surface area contributed by atoms with Gasteiger partial charge < -0.3 is 5.32 Å². The predicted octanol–water partition coefficient (Wildman–Crippen LogP) is 2.59. The van der Waals surface area contributed by atoms with Gasteiger partial charge in [-0.15, -0.1) is 0 Å². The third-order valence-electron chi connectivity index (χ3n) is 3.05. The smallest absolute Gasteiger partial charge is 0.129 e. The van der Waals surface area contributed by atoms with E-state index in [0.29, 0.717) is 0 Å². The van der Waals surface area contributed by atoms with E-state index < -0.39 is 11.6 Å². The number of likely N-dealkylation sites (N-methyl/N-ethyl adjacent to an activating group) is 1. The Labute approximate surface area is 111 Å². The maximum Gasteiger partial charge on any atom is 0.129 e. The Morgan fingerprint density at radius 3 is 2.53 bits per heavy atom. The van der Waals surface area contributed by atoms with Crippen LogP contribution in [0.15, 0.2) is 30.6 Å². The summed E-state index contributed by atoms with van der Waals surface area (Å²) in [6.07, 6.45) is 3.83. The van der Waals surface area contributed by atoms with Crippen LogP contribution in [0.3, 0.4) is 0 Å². The zero-order valence-corrected chi connectivity index (χ0v) is 11.0. The number of aryl methyl sites for hydroxylation is 1. The molecule has 0 fully saturated rings. The summed E-state index contributed by atoms with van der Waals surface area (Å²) in [4.78, 5) is 0. The summed E-state index contributed by atoms with van der Waals surface area (Å²) >= 11 is 0. The van der Waals surface area contributed by atoms with Crippen molar-refractivity contribution in [1.29, 1.82) is 0 Å². The molecule has 1 unspecified atom stereocenters. The fraction of sp³-hybridized carbons (Fsp3) is 0.357. The third kappa shape index (κ3) is 3.17. The number of rotatable bonds is 5. The van der Waals surface area contributed by atoms with Crippen molar-refractivity contribution in [2.75, 3.05) is 6.54 Å². The lowest BCUT2D eigenvalue weighted by Gasteiger charge is -2.17. The molecule has 3 nitrogen and oxygen atoms in total. The van der Waals surface area contributed by atoms with Gasteiger partial charge in [0.15, 0.2) is 0 Å². The van der Waals surface area contributed by atoms with Crippen molar-refractivity contribution in [1.82, 2.24) is 15.1 Å². The van der Waals surface area contributed by atoms with E-state index in [-0.39, 0.29) is 18.0 Å². The van der Waals surface area contributed by atoms with E-state index in [0.717, 1.165) is 12.1 Å². The number of aromatic nitrogens is 2. The lowest BCUT2D eigenvalue weighted by molar-refractivity contribution is 0.499. The van der Waals surface area contributed by atoms with Crippen molar-refractivity contribution in [3.63, 3.8) is 0 Å². The van der Waals surface area contributed by atoms with Crippen LogP contribution in [0.5, 0.6) is 0 Å². The van der Waals surface area contributed by atoms with Crippen molar-refractivity contribution < 1.29 is 8.78 Å². The lowest BCUT2D eigenvalue weighted by Crippen LogP contribution is -2.23. The van der Waals surface area contributed by atoms with Crippen LogP contribution in [0.2, 0.25) is 0 Å². The lowest BCUT2D eigenvalue weighted by atomic mass is 10.0. The van der Waals surface area contributed by atoms with E-state index in [4.69, 9.17) is 0 Å². The highest BCUT2D eigenvalue weighted by Crippen LogP contribution is 2.21. The summed E-state index contributed by atoms with van der Waals surface area (Å²) in [6, 6.07) is 3.79. The Balaban J connectivity index is 2.26. The quantitative estimate of drug-likeness (QED) is 0.900. The largest absolute Gasteiger partial charge is 0.310 e. The van der Waals surface area contributed by atoms with Crippen molar-refractivity contribution in [3.8, 4) is 0 Å². The second kappa shape index (κ2) is 5.93. The summed E-state index contributed by atoms with van der Waals surface area (Å²) in [5.74, 6) is -1.02. The molecular formula is C14H17F2N3. The van der Waals surface area contributed by atoms with Gasteiger partial charge in [-0.1, -0.05) is 13.0 Å².